The van der Waals surface area contributed by atoms with Gasteiger partial charge in [0.25, 0.3) is 0 Å². The van der Waals surface area contributed by atoms with Crippen molar-refractivity contribution in [1.82, 2.24) is 0 Å². The molecule has 0 aliphatic heterocycles. The summed E-state index contributed by atoms with van der Waals surface area (Å²) in [6, 6.07) is 17.0. The number of halogens is 1. The SMILES string of the molecule is CCCCCCCC/C=C\c1ccc([CH]CCc2cccc(Cl)c2)cc1. The van der Waals surface area contributed by atoms with E-state index in [1.807, 2.05) is 18.2 Å². The van der Waals surface area contributed by atoms with Crippen molar-refractivity contribution in [3.8, 4) is 0 Å². The molecule has 0 amide bonds. The van der Waals surface area contributed by atoms with Gasteiger partial charge in [0.1, 0.15) is 0 Å². The van der Waals surface area contributed by atoms with Crippen LogP contribution in [0.25, 0.3) is 6.08 Å². The summed E-state index contributed by atoms with van der Waals surface area (Å²) in [5.41, 5.74) is 3.88. The molecule has 2 rings (SSSR count). The Bertz CT molecular complexity index is 639. The summed E-state index contributed by atoms with van der Waals surface area (Å²) in [6.07, 6.45) is 18.3. The molecule has 26 heavy (non-hydrogen) atoms. The monoisotopic (exact) mass is 367 g/mol. The summed E-state index contributed by atoms with van der Waals surface area (Å²) in [5, 5.41) is 0.819. The van der Waals surface area contributed by atoms with Crippen LogP contribution in [-0.2, 0) is 6.42 Å². The lowest BCUT2D eigenvalue weighted by Crippen LogP contribution is -1.88. The molecule has 0 unspecified atom stereocenters. The minimum atomic E-state index is 0.819. The van der Waals surface area contributed by atoms with E-state index in [1.165, 1.54) is 61.6 Å². The molecule has 0 heterocycles. The maximum Gasteiger partial charge on any atom is 0.0408 e. The topological polar surface area (TPSA) is 0 Å². The first-order valence-electron chi connectivity index (χ1n) is 10.1. The van der Waals surface area contributed by atoms with Crippen molar-refractivity contribution in [1.29, 1.82) is 0 Å². The average molecular weight is 368 g/mol. The first-order chi connectivity index (χ1) is 12.8. The van der Waals surface area contributed by atoms with Crippen LogP contribution < -0.4 is 0 Å². The van der Waals surface area contributed by atoms with E-state index in [2.05, 4.69) is 55.8 Å². The summed E-state index contributed by atoms with van der Waals surface area (Å²) >= 11 is 6.03. The fourth-order valence-corrected chi connectivity index (χ4v) is 3.32. The highest BCUT2D eigenvalue weighted by Crippen LogP contribution is 2.16. The number of aryl methyl sites for hydroxylation is 1. The Hall–Kier alpha value is -1.53. The molecule has 0 fully saturated rings. The van der Waals surface area contributed by atoms with Gasteiger partial charge in [-0.05, 0) is 60.9 Å². The Morgan fingerprint density at radius 2 is 1.54 bits per heavy atom. The van der Waals surface area contributed by atoms with E-state index in [4.69, 9.17) is 11.6 Å². The fraction of sp³-hybridized carbons (Fsp3) is 0.400. The highest BCUT2D eigenvalue weighted by atomic mass is 35.5. The molecule has 0 N–H and O–H groups in total. The van der Waals surface area contributed by atoms with Crippen LogP contribution in [0.1, 0.15) is 75.0 Å². The van der Waals surface area contributed by atoms with Crippen molar-refractivity contribution in [3.63, 3.8) is 0 Å². The minimum absolute atomic E-state index is 0.819. The van der Waals surface area contributed by atoms with E-state index in [0.29, 0.717) is 0 Å². The molecule has 0 aliphatic rings. The molecular formula is C25H32Cl. The zero-order chi connectivity index (χ0) is 18.5. The van der Waals surface area contributed by atoms with E-state index in [1.54, 1.807) is 0 Å². The standard InChI is InChI=1S/C25H32Cl/c1-2-3-4-5-6-7-8-9-12-22-17-19-23(20-18-22)13-10-14-24-15-11-16-25(26)21-24/h9,11-13,15-21H,2-8,10,14H2,1H3/b12-9-. The Balaban J connectivity index is 1.63. The molecule has 0 saturated heterocycles. The summed E-state index contributed by atoms with van der Waals surface area (Å²) in [4.78, 5) is 0. The van der Waals surface area contributed by atoms with Crippen molar-refractivity contribution in [2.24, 2.45) is 0 Å². The third kappa shape index (κ3) is 8.72. The number of rotatable bonds is 12. The highest BCUT2D eigenvalue weighted by molar-refractivity contribution is 6.30. The van der Waals surface area contributed by atoms with E-state index in [-0.39, 0.29) is 0 Å². The third-order valence-corrected chi connectivity index (χ3v) is 4.91. The number of hydrogen-bond donors (Lipinski definition) is 0. The van der Waals surface area contributed by atoms with Crippen LogP contribution in [-0.4, -0.2) is 0 Å². The van der Waals surface area contributed by atoms with Crippen molar-refractivity contribution < 1.29 is 0 Å². The summed E-state index contributed by atoms with van der Waals surface area (Å²) in [5.74, 6) is 0. The number of benzene rings is 2. The molecule has 0 saturated carbocycles. The predicted molar refractivity (Wildman–Crippen MR) is 117 cm³/mol. The highest BCUT2D eigenvalue weighted by Gasteiger charge is 1.98. The summed E-state index contributed by atoms with van der Waals surface area (Å²) in [7, 11) is 0. The second-order valence-corrected chi connectivity index (χ2v) is 7.43. The second-order valence-electron chi connectivity index (χ2n) is 7.00. The number of unbranched alkanes of at least 4 members (excludes halogenated alkanes) is 6. The van der Waals surface area contributed by atoms with Gasteiger partial charge in [0, 0.05) is 5.02 Å². The zero-order valence-electron chi connectivity index (χ0n) is 16.1. The van der Waals surface area contributed by atoms with Crippen molar-refractivity contribution in [2.45, 2.75) is 64.7 Å². The molecule has 1 radical (unpaired) electrons. The van der Waals surface area contributed by atoms with Gasteiger partial charge in [-0.2, -0.15) is 0 Å². The van der Waals surface area contributed by atoms with Crippen molar-refractivity contribution >= 4 is 17.7 Å². The van der Waals surface area contributed by atoms with Gasteiger partial charge in [0.05, 0.1) is 0 Å². The Morgan fingerprint density at radius 1 is 0.808 bits per heavy atom. The quantitative estimate of drug-likeness (QED) is 0.331. The van der Waals surface area contributed by atoms with Crippen LogP contribution in [0.5, 0.6) is 0 Å². The van der Waals surface area contributed by atoms with Crippen molar-refractivity contribution in [2.75, 3.05) is 0 Å². The van der Waals surface area contributed by atoms with E-state index in [0.717, 1.165) is 17.9 Å². The number of hydrogen-bond acceptors (Lipinski definition) is 0. The van der Waals surface area contributed by atoms with Gasteiger partial charge in [-0.15, -0.1) is 0 Å². The third-order valence-electron chi connectivity index (χ3n) is 4.67. The normalized spacial score (nSPS) is 11.3. The van der Waals surface area contributed by atoms with Crippen LogP contribution in [0.4, 0.5) is 0 Å². The first-order valence-corrected chi connectivity index (χ1v) is 10.5. The Kier molecular flexibility index (Phi) is 10.2. The largest absolute Gasteiger partial charge is 0.0843 e. The van der Waals surface area contributed by atoms with E-state index < -0.39 is 0 Å². The molecule has 0 spiro atoms. The fourth-order valence-electron chi connectivity index (χ4n) is 3.10. The van der Waals surface area contributed by atoms with Crippen LogP contribution in [0, 0.1) is 6.42 Å². The van der Waals surface area contributed by atoms with E-state index in [9.17, 15) is 0 Å². The molecule has 139 valence electrons. The molecule has 0 atom stereocenters. The number of allylic oxidation sites excluding steroid dienone is 1. The zero-order valence-corrected chi connectivity index (χ0v) is 16.8. The molecule has 0 aromatic heterocycles. The van der Waals surface area contributed by atoms with Gasteiger partial charge in [0.2, 0.25) is 0 Å². The van der Waals surface area contributed by atoms with Gasteiger partial charge in [-0.25, -0.2) is 0 Å². The van der Waals surface area contributed by atoms with Gasteiger partial charge < -0.3 is 0 Å². The lowest BCUT2D eigenvalue weighted by molar-refractivity contribution is 0.611. The van der Waals surface area contributed by atoms with Crippen molar-refractivity contribution in [3.05, 3.63) is 82.7 Å². The van der Waals surface area contributed by atoms with Gasteiger partial charge in [-0.3, -0.25) is 0 Å². The molecule has 0 bridgehead atoms. The summed E-state index contributed by atoms with van der Waals surface area (Å²) < 4.78 is 0. The Morgan fingerprint density at radius 3 is 2.31 bits per heavy atom. The molecule has 0 aliphatic carbocycles. The molecule has 2 aromatic rings. The Labute approximate surface area is 165 Å². The predicted octanol–water partition coefficient (Wildman–Crippen LogP) is 8.29. The molecular weight excluding hydrogens is 336 g/mol. The van der Waals surface area contributed by atoms with Crippen LogP contribution in [0.3, 0.4) is 0 Å². The van der Waals surface area contributed by atoms with Crippen LogP contribution in [0.2, 0.25) is 5.02 Å². The van der Waals surface area contributed by atoms with Gasteiger partial charge >= 0.3 is 0 Å². The average Bonchev–Trinajstić information content (AvgIpc) is 2.65. The lowest BCUT2D eigenvalue weighted by atomic mass is 10.0. The second kappa shape index (κ2) is 12.8. The maximum absolute atomic E-state index is 6.03. The van der Waals surface area contributed by atoms with Crippen LogP contribution >= 0.6 is 11.6 Å². The van der Waals surface area contributed by atoms with Gasteiger partial charge in [0.15, 0.2) is 0 Å². The minimum Gasteiger partial charge on any atom is -0.0843 e. The molecule has 2 aromatic carbocycles. The first kappa shape index (κ1) is 20.8. The van der Waals surface area contributed by atoms with E-state index >= 15 is 0 Å². The van der Waals surface area contributed by atoms with Crippen LogP contribution in [0.15, 0.2) is 54.6 Å². The molecule has 1 heteroatoms. The lowest BCUT2D eigenvalue weighted by Gasteiger charge is -2.03. The molecule has 0 nitrogen and oxygen atoms in total. The van der Waals surface area contributed by atoms with Gasteiger partial charge in [-0.1, -0.05) is 99.2 Å². The maximum atomic E-state index is 6.03. The summed E-state index contributed by atoms with van der Waals surface area (Å²) in [6.45, 7) is 2.27. The smallest absolute Gasteiger partial charge is 0.0408 e.